The largest absolute Gasteiger partial charge is 0.399 e. The molecule has 1 unspecified atom stereocenters. The van der Waals surface area contributed by atoms with Crippen LogP contribution in [0.3, 0.4) is 0 Å². The molecule has 2 rings (SSSR count). The van der Waals surface area contributed by atoms with Gasteiger partial charge in [0.2, 0.25) is 10.0 Å². The summed E-state index contributed by atoms with van der Waals surface area (Å²) in [6.07, 6.45) is 3.28. The fraction of sp³-hybridized carbons (Fsp3) is 0.154. The number of nitrogens with zero attached hydrogens (tertiary/aromatic N) is 1. The van der Waals surface area contributed by atoms with Crippen molar-refractivity contribution in [1.29, 1.82) is 0 Å². The Morgan fingerprint density at radius 3 is 2.47 bits per heavy atom. The number of hydrogen-bond acceptors (Lipinski definition) is 4. The average molecular weight is 277 g/mol. The lowest BCUT2D eigenvalue weighted by Gasteiger charge is -2.14. The number of anilines is 1. The lowest BCUT2D eigenvalue weighted by molar-refractivity contribution is 0.566. The van der Waals surface area contributed by atoms with Gasteiger partial charge in [-0.2, -0.15) is 0 Å². The summed E-state index contributed by atoms with van der Waals surface area (Å²) in [7, 11) is -3.56. The minimum Gasteiger partial charge on any atom is -0.399 e. The number of pyridine rings is 1. The molecule has 100 valence electrons. The molecule has 1 aromatic carbocycles. The molecule has 2 aromatic rings. The van der Waals surface area contributed by atoms with E-state index in [1.54, 1.807) is 37.5 Å². The highest BCUT2D eigenvalue weighted by Crippen LogP contribution is 2.16. The maximum Gasteiger partial charge on any atom is 0.241 e. The molecule has 0 saturated heterocycles. The maximum atomic E-state index is 12.2. The van der Waals surface area contributed by atoms with Crippen molar-refractivity contribution < 1.29 is 8.42 Å². The van der Waals surface area contributed by atoms with Crippen LogP contribution in [0, 0.1) is 0 Å². The highest BCUT2D eigenvalue weighted by Gasteiger charge is 2.18. The van der Waals surface area contributed by atoms with Gasteiger partial charge in [-0.25, -0.2) is 13.1 Å². The van der Waals surface area contributed by atoms with Crippen LogP contribution in [0.15, 0.2) is 53.7 Å². The zero-order valence-corrected chi connectivity index (χ0v) is 11.3. The number of nitrogen functional groups attached to an aromatic ring is 1. The Kier molecular flexibility index (Phi) is 3.82. The van der Waals surface area contributed by atoms with Gasteiger partial charge < -0.3 is 5.73 Å². The van der Waals surface area contributed by atoms with E-state index in [-0.39, 0.29) is 10.9 Å². The first-order chi connectivity index (χ1) is 8.99. The number of nitrogens with two attached hydrogens (primary N) is 1. The first kappa shape index (κ1) is 13.5. The molecule has 0 aliphatic rings. The lowest BCUT2D eigenvalue weighted by atomic mass is 10.2. The van der Waals surface area contributed by atoms with Crippen molar-refractivity contribution in [2.75, 3.05) is 5.73 Å². The van der Waals surface area contributed by atoms with Gasteiger partial charge in [-0.3, -0.25) is 4.98 Å². The van der Waals surface area contributed by atoms with Gasteiger partial charge in [0.15, 0.2) is 0 Å². The molecule has 0 radical (unpaired) electrons. The molecule has 1 heterocycles. The van der Waals surface area contributed by atoms with Crippen LogP contribution in [0.4, 0.5) is 5.69 Å². The molecule has 19 heavy (non-hydrogen) atoms. The third-order valence-corrected chi connectivity index (χ3v) is 4.26. The van der Waals surface area contributed by atoms with E-state index in [9.17, 15) is 8.42 Å². The van der Waals surface area contributed by atoms with Crippen molar-refractivity contribution in [2.45, 2.75) is 17.9 Å². The fourth-order valence-corrected chi connectivity index (χ4v) is 2.88. The van der Waals surface area contributed by atoms with Gasteiger partial charge >= 0.3 is 0 Å². The molecule has 0 fully saturated rings. The minimum atomic E-state index is -3.56. The summed E-state index contributed by atoms with van der Waals surface area (Å²) < 4.78 is 26.9. The summed E-state index contributed by atoms with van der Waals surface area (Å²) in [4.78, 5) is 4.16. The normalized spacial score (nSPS) is 13.1. The monoisotopic (exact) mass is 277 g/mol. The Morgan fingerprint density at radius 2 is 1.89 bits per heavy atom. The summed E-state index contributed by atoms with van der Waals surface area (Å²) in [6.45, 7) is 1.77. The fourth-order valence-electron chi connectivity index (χ4n) is 1.65. The third-order valence-electron chi connectivity index (χ3n) is 2.71. The number of benzene rings is 1. The zero-order chi connectivity index (χ0) is 13.9. The summed E-state index contributed by atoms with van der Waals surface area (Å²) in [5.74, 6) is 0. The smallest absolute Gasteiger partial charge is 0.241 e. The van der Waals surface area contributed by atoms with Crippen LogP contribution in [0.1, 0.15) is 18.5 Å². The predicted octanol–water partition coefficient (Wildman–Crippen LogP) is 1.70. The highest BCUT2D eigenvalue weighted by atomic mass is 32.2. The van der Waals surface area contributed by atoms with E-state index in [0.717, 1.165) is 5.56 Å². The standard InChI is InChI=1S/C13H15N3O2S/c1-10(11-3-2-8-15-9-11)16-19(17,18)13-6-4-12(14)5-7-13/h2-10,16H,14H2,1H3. The van der Waals surface area contributed by atoms with Crippen LogP contribution in [0.5, 0.6) is 0 Å². The predicted molar refractivity (Wildman–Crippen MR) is 73.8 cm³/mol. The van der Waals surface area contributed by atoms with Crippen molar-refractivity contribution in [1.82, 2.24) is 9.71 Å². The Labute approximate surface area is 112 Å². The van der Waals surface area contributed by atoms with Crippen LogP contribution >= 0.6 is 0 Å². The molecule has 3 N–H and O–H groups in total. The summed E-state index contributed by atoms with van der Waals surface area (Å²) in [5.41, 5.74) is 6.87. The molecule has 6 heteroatoms. The molecule has 0 aliphatic heterocycles. The second-order valence-corrected chi connectivity index (χ2v) is 5.91. The van der Waals surface area contributed by atoms with E-state index in [1.165, 1.54) is 12.1 Å². The Morgan fingerprint density at radius 1 is 1.21 bits per heavy atom. The molecule has 0 saturated carbocycles. The molecule has 1 atom stereocenters. The first-order valence-corrected chi connectivity index (χ1v) is 7.25. The van der Waals surface area contributed by atoms with Crippen molar-refractivity contribution in [3.63, 3.8) is 0 Å². The van der Waals surface area contributed by atoms with Gasteiger partial charge in [0.25, 0.3) is 0 Å². The van der Waals surface area contributed by atoms with Crippen LogP contribution in [0.25, 0.3) is 0 Å². The molecule has 0 bridgehead atoms. The van der Waals surface area contributed by atoms with Crippen LogP contribution < -0.4 is 10.5 Å². The van der Waals surface area contributed by atoms with E-state index in [1.807, 2.05) is 6.07 Å². The Balaban J connectivity index is 2.20. The van der Waals surface area contributed by atoms with Crippen molar-refractivity contribution in [3.05, 3.63) is 54.4 Å². The van der Waals surface area contributed by atoms with Crippen LogP contribution in [0.2, 0.25) is 0 Å². The van der Waals surface area contributed by atoms with Gasteiger partial charge in [-0.05, 0) is 42.8 Å². The minimum absolute atomic E-state index is 0.192. The number of aromatic nitrogens is 1. The quantitative estimate of drug-likeness (QED) is 0.833. The molecule has 5 nitrogen and oxygen atoms in total. The van der Waals surface area contributed by atoms with Gasteiger partial charge in [0.1, 0.15) is 0 Å². The van der Waals surface area contributed by atoms with Crippen molar-refractivity contribution in [2.24, 2.45) is 0 Å². The number of nitrogens with one attached hydrogen (secondary N) is 1. The second kappa shape index (κ2) is 5.38. The molecule has 0 amide bonds. The summed E-state index contributed by atoms with van der Waals surface area (Å²) in [6, 6.07) is 9.32. The zero-order valence-electron chi connectivity index (χ0n) is 10.4. The van der Waals surface area contributed by atoms with Gasteiger partial charge in [-0.1, -0.05) is 6.07 Å². The number of rotatable bonds is 4. The van der Waals surface area contributed by atoms with E-state index in [2.05, 4.69) is 9.71 Å². The van der Waals surface area contributed by atoms with E-state index < -0.39 is 10.0 Å². The SMILES string of the molecule is CC(NS(=O)(=O)c1ccc(N)cc1)c1cccnc1. The molecule has 1 aromatic heterocycles. The Bertz CT molecular complexity index is 639. The second-order valence-electron chi connectivity index (χ2n) is 4.20. The Hall–Kier alpha value is -1.92. The highest BCUT2D eigenvalue weighted by molar-refractivity contribution is 7.89. The maximum absolute atomic E-state index is 12.2. The molecular formula is C13H15N3O2S. The number of sulfonamides is 1. The van der Waals surface area contributed by atoms with Crippen molar-refractivity contribution in [3.8, 4) is 0 Å². The average Bonchev–Trinajstić information content (AvgIpc) is 2.40. The molecular weight excluding hydrogens is 262 g/mol. The van der Waals surface area contributed by atoms with Crippen molar-refractivity contribution >= 4 is 15.7 Å². The van der Waals surface area contributed by atoms with E-state index >= 15 is 0 Å². The van der Waals surface area contributed by atoms with Gasteiger partial charge in [0, 0.05) is 24.1 Å². The summed E-state index contributed by atoms with van der Waals surface area (Å²) in [5, 5.41) is 0. The third kappa shape index (κ3) is 3.30. The first-order valence-electron chi connectivity index (χ1n) is 5.77. The number of hydrogen-bond donors (Lipinski definition) is 2. The van der Waals surface area contributed by atoms with Gasteiger partial charge in [0.05, 0.1) is 4.90 Å². The van der Waals surface area contributed by atoms with E-state index in [0.29, 0.717) is 5.69 Å². The topological polar surface area (TPSA) is 85.1 Å². The van der Waals surface area contributed by atoms with Crippen LogP contribution in [-0.4, -0.2) is 13.4 Å². The van der Waals surface area contributed by atoms with E-state index in [4.69, 9.17) is 5.73 Å². The summed E-state index contributed by atoms with van der Waals surface area (Å²) >= 11 is 0. The lowest BCUT2D eigenvalue weighted by Crippen LogP contribution is -2.26. The van der Waals surface area contributed by atoms with Gasteiger partial charge in [-0.15, -0.1) is 0 Å². The molecule has 0 aliphatic carbocycles. The molecule has 0 spiro atoms. The van der Waals surface area contributed by atoms with Crippen LogP contribution in [-0.2, 0) is 10.0 Å².